The largest absolute Gasteiger partial charge is 0.482 e. The molecule has 2 aromatic carbocycles. The molecular weight excluding hydrogens is 345 g/mol. The maximum Gasteiger partial charge on any atom is 0.374 e. The monoisotopic (exact) mass is 367 g/mol. The summed E-state index contributed by atoms with van der Waals surface area (Å²) in [7, 11) is -0.731. The molecule has 1 atom stereocenters. The van der Waals surface area contributed by atoms with Gasteiger partial charge < -0.3 is 19.7 Å². The Kier molecular flexibility index (Phi) is 6.26. The van der Waals surface area contributed by atoms with Crippen molar-refractivity contribution < 1.29 is 24.1 Å². The van der Waals surface area contributed by atoms with Gasteiger partial charge >= 0.3 is 13.0 Å². The third-order valence-corrected chi connectivity index (χ3v) is 4.40. The summed E-state index contributed by atoms with van der Waals surface area (Å²) >= 11 is 0. The zero-order valence-electron chi connectivity index (χ0n) is 15.2. The maximum absolute atomic E-state index is 12.5. The van der Waals surface area contributed by atoms with Gasteiger partial charge in [-0.3, -0.25) is 4.79 Å². The molecule has 1 aliphatic carbocycles. The molecule has 7 heteroatoms. The fourth-order valence-corrected chi connectivity index (χ4v) is 3.10. The van der Waals surface area contributed by atoms with E-state index in [9.17, 15) is 14.6 Å². The molecule has 140 valence electrons. The van der Waals surface area contributed by atoms with Gasteiger partial charge in [0.15, 0.2) is 12.4 Å². The third-order valence-electron chi connectivity index (χ3n) is 4.40. The Morgan fingerprint density at radius 2 is 2.04 bits per heavy atom. The number of hydrogen-bond acceptors (Lipinski definition) is 6. The molecule has 0 bridgehead atoms. The van der Waals surface area contributed by atoms with Crippen molar-refractivity contribution in [1.29, 1.82) is 0 Å². The molecule has 6 nitrogen and oxygen atoms in total. The van der Waals surface area contributed by atoms with E-state index in [1.54, 1.807) is 25.0 Å². The van der Waals surface area contributed by atoms with E-state index in [4.69, 9.17) is 9.47 Å². The SMILES string of the molecule is CB(O)NC1CCc2cc(OCC(=O)OCc3ccccc3)ccc2C1=O. The number of hydrogen-bond donors (Lipinski definition) is 2. The molecule has 1 unspecified atom stereocenters. The lowest BCUT2D eigenvalue weighted by molar-refractivity contribution is -0.147. The number of carbonyl (C=O) groups excluding carboxylic acids is 2. The van der Waals surface area contributed by atoms with E-state index in [-0.39, 0.29) is 25.0 Å². The van der Waals surface area contributed by atoms with Gasteiger partial charge in [-0.05, 0) is 49.0 Å². The van der Waals surface area contributed by atoms with Gasteiger partial charge in [0.05, 0.1) is 6.04 Å². The molecule has 0 aromatic heterocycles. The topological polar surface area (TPSA) is 84.9 Å². The molecule has 0 saturated heterocycles. The van der Waals surface area contributed by atoms with Crippen LogP contribution < -0.4 is 9.96 Å². The van der Waals surface area contributed by atoms with E-state index < -0.39 is 13.0 Å². The molecule has 0 saturated carbocycles. The lowest BCUT2D eigenvalue weighted by atomic mass is 9.81. The van der Waals surface area contributed by atoms with Crippen LogP contribution in [0.25, 0.3) is 0 Å². The highest BCUT2D eigenvalue weighted by Gasteiger charge is 2.28. The van der Waals surface area contributed by atoms with Gasteiger partial charge in [-0.2, -0.15) is 0 Å². The number of esters is 1. The first kappa shape index (κ1) is 19.1. The van der Waals surface area contributed by atoms with Crippen LogP contribution in [0.15, 0.2) is 48.5 Å². The summed E-state index contributed by atoms with van der Waals surface area (Å²) in [6.07, 6.45) is 1.31. The quantitative estimate of drug-likeness (QED) is 0.575. The number of rotatable bonds is 7. The summed E-state index contributed by atoms with van der Waals surface area (Å²) < 4.78 is 10.7. The molecular formula is C20H22BNO5. The minimum atomic E-state index is -0.731. The number of fused-ring (bicyclic) bond motifs is 1. The van der Waals surface area contributed by atoms with E-state index in [2.05, 4.69) is 5.23 Å². The van der Waals surface area contributed by atoms with E-state index in [0.717, 1.165) is 11.1 Å². The highest BCUT2D eigenvalue weighted by molar-refractivity contribution is 6.46. The lowest BCUT2D eigenvalue weighted by Crippen LogP contribution is -2.46. The Balaban J connectivity index is 1.53. The Bertz CT molecular complexity index is 809. The summed E-state index contributed by atoms with van der Waals surface area (Å²) in [6, 6.07) is 14.2. The van der Waals surface area contributed by atoms with Crippen molar-refractivity contribution in [2.24, 2.45) is 0 Å². The highest BCUT2D eigenvalue weighted by atomic mass is 16.6. The van der Waals surface area contributed by atoms with Crippen molar-refractivity contribution in [2.45, 2.75) is 32.3 Å². The summed E-state index contributed by atoms with van der Waals surface area (Å²) in [5.74, 6) is 0.0416. The molecule has 0 amide bonds. The standard InChI is InChI=1S/C20H22BNO5/c1-21(25)22-18-10-7-15-11-16(8-9-17(15)20(18)24)26-13-19(23)27-12-14-5-3-2-4-6-14/h2-6,8-9,11,18,22,25H,7,10,12-13H2,1H3. The Morgan fingerprint density at radius 1 is 1.26 bits per heavy atom. The number of ether oxygens (including phenoxy) is 2. The van der Waals surface area contributed by atoms with E-state index in [1.807, 2.05) is 30.3 Å². The first-order chi connectivity index (χ1) is 13.0. The number of ketones is 1. The van der Waals surface area contributed by atoms with Crippen LogP contribution in [0.3, 0.4) is 0 Å². The van der Waals surface area contributed by atoms with Gasteiger partial charge in [0.1, 0.15) is 12.4 Å². The molecule has 3 rings (SSSR count). The molecule has 27 heavy (non-hydrogen) atoms. The Morgan fingerprint density at radius 3 is 2.78 bits per heavy atom. The van der Waals surface area contributed by atoms with Crippen molar-refractivity contribution in [2.75, 3.05) is 6.61 Å². The van der Waals surface area contributed by atoms with Crippen molar-refractivity contribution in [3.05, 3.63) is 65.2 Å². The first-order valence-corrected chi connectivity index (χ1v) is 8.96. The number of benzene rings is 2. The second kappa shape index (κ2) is 8.84. The smallest absolute Gasteiger partial charge is 0.374 e. The van der Waals surface area contributed by atoms with E-state index in [0.29, 0.717) is 24.2 Å². The minimum Gasteiger partial charge on any atom is -0.482 e. The third kappa shape index (κ3) is 5.18. The summed E-state index contributed by atoms with van der Waals surface area (Å²) in [6.45, 7) is 1.61. The molecule has 0 radical (unpaired) electrons. The number of Topliss-reactive ketones (excluding diaryl/α,β-unsaturated/α-hetero) is 1. The van der Waals surface area contributed by atoms with Crippen LogP contribution >= 0.6 is 0 Å². The second-order valence-corrected chi connectivity index (χ2v) is 6.55. The van der Waals surface area contributed by atoms with E-state index >= 15 is 0 Å². The van der Waals surface area contributed by atoms with Crippen LogP contribution in [0.4, 0.5) is 0 Å². The van der Waals surface area contributed by atoms with Crippen molar-refractivity contribution >= 4 is 18.8 Å². The zero-order valence-corrected chi connectivity index (χ0v) is 15.2. The number of carbonyl (C=O) groups is 2. The van der Waals surface area contributed by atoms with Gasteiger partial charge in [-0.25, -0.2) is 4.79 Å². The van der Waals surface area contributed by atoms with Crippen molar-refractivity contribution in [3.8, 4) is 5.75 Å². The molecule has 1 aliphatic rings. The highest BCUT2D eigenvalue weighted by Crippen LogP contribution is 2.26. The van der Waals surface area contributed by atoms with Crippen LogP contribution in [0.5, 0.6) is 5.75 Å². The van der Waals surface area contributed by atoms with E-state index in [1.165, 1.54) is 0 Å². The zero-order chi connectivity index (χ0) is 19.2. The number of aryl methyl sites for hydroxylation is 1. The summed E-state index contributed by atoms with van der Waals surface area (Å²) in [4.78, 5) is 24.3. The molecule has 2 N–H and O–H groups in total. The molecule has 2 aromatic rings. The number of nitrogens with one attached hydrogen (secondary N) is 1. The maximum atomic E-state index is 12.5. The van der Waals surface area contributed by atoms with Gasteiger partial charge in [-0.15, -0.1) is 0 Å². The van der Waals surface area contributed by atoms with Gasteiger partial charge in [0.25, 0.3) is 0 Å². The van der Waals surface area contributed by atoms with Crippen molar-refractivity contribution in [1.82, 2.24) is 5.23 Å². The Labute approximate surface area is 158 Å². The normalized spacial score (nSPS) is 15.8. The second-order valence-electron chi connectivity index (χ2n) is 6.55. The summed E-state index contributed by atoms with van der Waals surface area (Å²) in [5, 5.41) is 12.3. The van der Waals surface area contributed by atoms with Crippen LogP contribution in [0.2, 0.25) is 6.82 Å². The fourth-order valence-electron chi connectivity index (χ4n) is 3.10. The fraction of sp³-hybridized carbons (Fsp3) is 0.300. The predicted octanol–water partition coefficient (Wildman–Crippen LogP) is 2.01. The van der Waals surface area contributed by atoms with Gasteiger partial charge in [0.2, 0.25) is 0 Å². The molecule has 0 heterocycles. The Hall–Kier alpha value is -2.64. The van der Waals surface area contributed by atoms with Gasteiger partial charge in [0, 0.05) is 5.56 Å². The minimum absolute atomic E-state index is 0.0361. The lowest BCUT2D eigenvalue weighted by Gasteiger charge is -2.25. The van der Waals surface area contributed by atoms with Crippen LogP contribution in [0.1, 0.15) is 27.9 Å². The van der Waals surface area contributed by atoms with Gasteiger partial charge in [-0.1, -0.05) is 30.3 Å². The molecule has 0 fully saturated rings. The van der Waals surface area contributed by atoms with Crippen LogP contribution in [-0.2, 0) is 22.6 Å². The molecule has 0 aliphatic heterocycles. The summed E-state index contributed by atoms with van der Waals surface area (Å²) in [5.41, 5.74) is 2.43. The van der Waals surface area contributed by atoms with Crippen molar-refractivity contribution in [3.63, 3.8) is 0 Å². The molecule has 0 spiro atoms. The average Bonchev–Trinajstić information content (AvgIpc) is 2.67. The average molecular weight is 367 g/mol. The predicted molar refractivity (Wildman–Crippen MR) is 102 cm³/mol. The van der Waals surface area contributed by atoms with Crippen LogP contribution in [-0.4, -0.2) is 36.5 Å². The van der Waals surface area contributed by atoms with Crippen LogP contribution in [0, 0.1) is 0 Å². The first-order valence-electron chi connectivity index (χ1n) is 8.96.